The number of rotatable bonds is 5. The van der Waals surface area contributed by atoms with E-state index in [0.717, 1.165) is 6.42 Å². The molecule has 5 nitrogen and oxygen atoms in total. The Balaban J connectivity index is 3.08. The van der Waals surface area contributed by atoms with Gasteiger partial charge in [-0.3, -0.25) is 10.1 Å². The van der Waals surface area contributed by atoms with Crippen molar-refractivity contribution >= 4 is 5.69 Å². The Labute approximate surface area is 87.8 Å². The van der Waals surface area contributed by atoms with Gasteiger partial charge in [0.25, 0.3) is 0 Å². The highest BCUT2D eigenvalue weighted by Crippen LogP contribution is 2.36. The average molecular weight is 211 g/mol. The van der Waals surface area contributed by atoms with E-state index < -0.39 is 4.92 Å². The molecule has 1 rings (SSSR count). The molecule has 0 N–H and O–H groups in total. The number of para-hydroxylation sites is 1. The highest BCUT2D eigenvalue weighted by molar-refractivity contribution is 5.55. The van der Waals surface area contributed by atoms with Crippen molar-refractivity contribution in [1.82, 2.24) is 0 Å². The summed E-state index contributed by atoms with van der Waals surface area (Å²) in [4.78, 5) is 10.2. The van der Waals surface area contributed by atoms with E-state index >= 15 is 0 Å². The molecule has 1 aromatic rings. The van der Waals surface area contributed by atoms with E-state index in [4.69, 9.17) is 9.47 Å². The molecule has 0 atom stereocenters. The first kappa shape index (κ1) is 11.3. The average Bonchev–Trinajstić information content (AvgIpc) is 2.25. The molecule has 0 unspecified atom stereocenters. The second-order valence-electron chi connectivity index (χ2n) is 2.91. The van der Waals surface area contributed by atoms with E-state index in [1.54, 1.807) is 12.1 Å². The number of hydrogen-bond donors (Lipinski definition) is 0. The van der Waals surface area contributed by atoms with Gasteiger partial charge in [0.2, 0.25) is 5.75 Å². The van der Waals surface area contributed by atoms with Crippen molar-refractivity contribution in [1.29, 1.82) is 0 Å². The Morgan fingerprint density at radius 3 is 2.73 bits per heavy atom. The zero-order valence-corrected chi connectivity index (χ0v) is 8.73. The minimum atomic E-state index is -0.479. The molecule has 0 saturated carbocycles. The van der Waals surface area contributed by atoms with Gasteiger partial charge >= 0.3 is 5.69 Å². The first-order valence-electron chi connectivity index (χ1n) is 4.65. The van der Waals surface area contributed by atoms with Crippen LogP contribution in [-0.4, -0.2) is 18.6 Å². The minimum Gasteiger partial charge on any atom is -0.493 e. The Bertz CT molecular complexity index is 351. The molecule has 0 radical (unpaired) electrons. The van der Waals surface area contributed by atoms with Crippen LogP contribution in [0.3, 0.4) is 0 Å². The maximum Gasteiger partial charge on any atom is 0.314 e. The van der Waals surface area contributed by atoms with Crippen molar-refractivity contribution in [3.05, 3.63) is 28.3 Å². The second kappa shape index (κ2) is 5.19. The van der Waals surface area contributed by atoms with Gasteiger partial charge in [-0.1, -0.05) is 13.0 Å². The van der Waals surface area contributed by atoms with Gasteiger partial charge in [-0.2, -0.15) is 0 Å². The van der Waals surface area contributed by atoms with Crippen molar-refractivity contribution < 1.29 is 14.4 Å². The van der Waals surface area contributed by atoms with E-state index in [-0.39, 0.29) is 11.4 Å². The summed E-state index contributed by atoms with van der Waals surface area (Å²) < 4.78 is 10.3. The molecule has 0 fully saturated rings. The summed E-state index contributed by atoms with van der Waals surface area (Å²) in [5.74, 6) is 0.588. The molecule has 15 heavy (non-hydrogen) atoms. The lowest BCUT2D eigenvalue weighted by Crippen LogP contribution is -2.01. The van der Waals surface area contributed by atoms with Crippen LogP contribution in [0.5, 0.6) is 11.5 Å². The summed E-state index contributed by atoms with van der Waals surface area (Å²) in [7, 11) is 1.46. The number of nitro groups is 1. The van der Waals surface area contributed by atoms with Crippen molar-refractivity contribution in [2.24, 2.45) is 0 Å². The van der Waals surface area contributed by atoms with Gasteiger partial charge in [0.05, 0.1) is 18.6 Å². The molecule has 0 amide bonds. The standard InChI is InChI=1S/C10H13NO4/c1-3-7-15-10-8(11(12)13)5-4-6-9(10)14-2/h4-6H,3,7H2,1-2H3. The molecule has 82 valence electrons. The van der Waals surface area contributed by atoms with E-state index in [9.17, 15) is 10.1 Å². The number of methoxy groups -OCH3 is 1. The molecule has 0 aliphatic carbocycles. The van der Waals surface area contributed by atoms with Crippen molar-refractivity contribution in [2.75, 3.05) is 13.7 Å². The maximum absolute atomic E-state index is 10.7. The van der Waals surface area contributed by atoms with E-state index in [0.29, 0.717) is 12.4 Å². The number of benzene rings is 1. The monoisotopic (exact) mass is 211 g/mol. The zero-order chi connectivity index (χ0) is 11.3. The summed E-state index contributed by atoms with van der Waals surface area (Å²) in [6.07, 6.45) is 0.787. The van der Waals surface area contributed by atoms with Crippen molar-refractivity contribution in [3.8, 4) is 11.5 Å². The van der Waals surface area contributed by atoms with Gasteiger partial charge < -0.3 is 9.47 Å². The van der Waals surface area contributed by atoms with Crippen LogP contribution in [-0.2, 0) is 0 Å². The van der Waals surface area contributed by atoms with Crippen LogP contribution in [0.2, 0.25) is 0 Å². The first-order chi connectivity index (χ1) is 7.20. The fourth-order valence-electron chi connectivity index (χ4n) is 1.16. The van der Waals surface area contributed by atoms with Gasteiger partial charge in [0, 0.05) is 6.07 Å². The molecule has 0 heterocycles. The molecule has 0 aliphatic heterocycles. The summed E-state index contributed by atoms with van der Waals surface area (Å²) in [6.45, 7) is 2.36. The van der Waals surface area contributed by atoms with Gasteiger partial charge in [-0.05, 0) is 12.5 Å². The molecule has 0 aliphatic rings. The van der Waals surface area contributed by atoms with Crippen LogP contribution in [0, 0.1) is 10.1 Å². The maximum atomic E-state index is 10.7. The zero-order valence-electron chi connectivity index (χ0n) is 8.73. The SMILES string of the molecule is CCCOc1c(OC)cccc1[N+](=O)[O-]. The van der Waals surface area contributed by atoms with Crippen molar-refractivity contribution in [3.63, 3.8) is 0 Å². The largest absolute Gasteiger partial charge is 0.493 e. The summed E-state index contributed by atoms with van der Waals surface area (Å²) in [5.41, 5.74) is -0.0669. The van der Waals surface area contributed by atoms with E-state index in [1.165, 1.54) is 13.2 Å². The first-order valence-corrected chi connectivity index (χ1v) is 4.65. The predicted molar refractivity (Wildman–Crippen MR) is 55.4 cm³/mol. The number of ether oxygens (including phenoxy) is 2. The van der Waals surface area contributed by atoms with E-state index in [1.807, 2.05) is 6.92 Å². The molecule has 0 bridgehead atoms. The number of nitro benzene ring substituents is 1. The molecular weight excluding hydrogens is 198 g/mol. The van der Waals surface area contributed by atoms with Crippen LogP contribution in [0.25, 0.3) is 0 Å². The number of hydrogen-bond acceptors (Lipinski definition) is 4. The highest BCUT2D eigenvalue weighted by atomic mass is 16.6. The van der Waals surface area contributed by atoms with Crippen LogP contribution < -0.4 is 9.47 Å². The number of nitrogens with zero attached hydrogens (tertiary/aromatic N) is 1. The van der Waals surface area contributed by atoms with Crippen LogP contribution in [0.1, 0.15) is 13.3 Å². The summed E-state index contributed by atoms with van der Waals surface area (Å²) >= 11 is 0. The molecule has 0 aromatic heterocycles. The van der Waals surface area contributed by atoms with Gasteiger partial charge in [0.15, 0.2) is 5.75 Å². The predicted octanol–water partition coefficient (Wildman–Crippen LogP) is 2.39. The third-order valence-corrected chi connectivity index (χ3v) is 1.83. The van der Waals surface area contributed by atoms with Crippen molar-refractivity contribution in [2.45, 2.75) is 13.3 Å². The third kappa shape index (κ3) is 2.59. The van der Waals surface area contributed by atoms with Crippen LogP contribution >= 0.6 is 0 Å². The Morgan fingerprint density at radius 2 is 2.20 bits per heavy atom. The molecular formula is C10H13NO4. The van der Waals surface area contributed by atoms with E-state index in [2.05, 4.69) is 0 Å². The summed E-state index contributed by atoms with van der Waals surface area (Å²) in [6, 6.07) is 4.60. The lowest BCUT2D eigenvalue weighted by atomic mass is 10.2. The Kier molecular flexibility index (Phi) is 3.91. The minimum absolute atomic E-state index is 0.0669. The second-order valence-corrected chi connectivity index (χ2v) is 2.91. The van der Waals surface area contributed by atoms with Gasteiger partial charge in [-0.25, -0.2) is 0 Å². The Hall–Kier alpha value is -1.78. The molecule has 0 spiro atoms. The molecule has 5 heteroatoms. The third-order valence-electron chi connectivity index (χ3n) is 1.83. The molecule has 1 aromatic carbocycles. The summed E-state index contributed by atoms with van der Waals surface area (Å²) in [5, 5.41) is 10.7. The quantitative estimate of drug-likeness (QED) is 0.554. The highest BCUT2D eigenvalue weighted by Gasteiger charge is 2.19. The van der Waals surface area contributed by atoms with Crippen LogP contribution in [0.4, 0.5) is 5.69 Å². The fourth-order valence-corrected chi connectivity index (χ4v) is 1.16. The van der Waals surface area contributed by atoms with Gasteiger partial charge in [-0.15, -0.1) is 0 Å². The topological polar surface area (TPSA) is 61.6 Å². The lowest BCUT2D eigenvalue weighted by molar-refractivity contribution is -0.386. The fraction of sp³-hybridized carbons (Fsp3) is 0.400. The van der Waals surface area contributed by atoms with Crippen LogP contribution in [0.15, 0.2) is 18.2 Å². The van der Waals surface area contributed by atoms with Gasteiger partial charge in [0.1, 0.15) is 0 Å². The lowest BCUT2D eigenvalue weighted by Gasteiger charge is -2.09. The molecule has 0 saturated heterocycles. The smallest absolute Gasteiger partial charge is 0.314 e. The normalized spacial score (nSPS) is 9.73. The Morgan fingerprint density at radius 1 is 1.47 bits per heavy atom.